The second-order valence-electron chi connectivity index (χ2n) is 3.63. The molecule has 1 aliphatic rings. The van der Waals surface area contributed by atoms with Gasteiger partial charge in [-0.3, -0.25) is 9.69 Å². The van der Waals surface area contributed by atoms with Gasteiger partial charge in [-0.15, -0.1) is 0 Å². The number of rotatable bonds is 4. The molecule has 1 heterocycles. The van der Waals surface area contributed by atoms with E-state index in [1.54, 1.807) is 0 Å². The van der Waals surface area contributed by atoms with Gasteiger partial charge >= 0.3 is 5.97 Å². The molecule has 1 fully saturated rings. The van der Waals surface area contributed by atoms with Gasteiger partial charge in [0.1, 0.15) is 0 Å². The molecule has 0 aromatic heterocycles. The maximum Gasteiger partial charge on any atom is 0.304 e. The smallest absolute Gasteiger partial charge is 0.304 e. The van der Waals surface area contributed by atoms with Crippen molar-refractivity contribution in [2.45, 2.75) is 39.3 Å². The Bertz CT molecular complexity index is 233. The van der Waals surface area contributed by atoms with Crippen LogP contribution < -0.4 is 0 Å². The lowest BCUT2D eigenvalue weighted by Crippen LogP contribution is -2.56. The Hall–Kier alpha value is -0.830. The van der Waals surface area contributed by atoms with Crippen LogP contribution in [0.1, 0.15) is 33.6 Å². The summed E-state index contributed by atoms with van der Waals surface area (Å²) in [6, 6.07) is 0. The van der Waals surface area contributed by atoms with Crippen LogP contribution in [0, 0.1) is 0 Å². The largest absolute Gasteiger partial charge is 0.440 e. The van der Waals surface area contributed by atoms with Crippen molar-refractivity contribution < 1.29 is 9.53 Å². The normalized spacial score (nSPS) is 21.6. The molecule has 0 radical (unpaired) electrons. The van der Waals surface area contributed by atoms with Crippen LogP contribution in [0.25, 0.3) is 0 Å². The van der Waals surface area contributed by atoms with Crippen molar-refractivity contribution in [3.05, 3.63) is 12.2 Å². The topological polar surface area (TPSA) is 29.5 Å². The third kappa shape index (κ3) is 2.15. The van der Waals surface area contributed by atoms with Gasteiger partial charge in [0.2, 0.25) is 0 Å². The number of carbonyl (C=O) groups excluding carboxylic acids is 1. The fraction of sp³-hybridized carbons (Fsp3) is 0.727. The van der Waals surface area contributed by atoms with Gasteiger partial charge in [-0.25, -0.2) is 0 Å². The molecule has 0 aromatic carbocycles. The lowest BCUT2D eigenvalue weighted by molar-refractivity contribution is -0.179. The molecule has 80 valence electrons. The minimum Gasteiger partial charge on any atom is -0.440 e. The average molecular weight is 197 g/mol. The Kier molecular flexibility index (Phi) is 3.69. The van der Waals surface area contributed by atoms with E-state index in [-0.39, 0.29) is 5.97 Å². The molecule has 0 spiro atoms. The number of likely N-dealkylation sites (tertiary alicyclic amines) is 1. The summed E-state index contributed by atoms with van der Waals surface area (Å²) < 4.78 is 5.43. The summed E-state index contributed by atoms with van der Waals surface area (Å²) in [6.07, 6.45) is 5.93. The molecule has 3 nitrogen and oxygen atoms in total. The molecular formula is C11H19NO2. The highest BCUT2D eigenvalue weighted by atomic mass is 16.6. The number of allylic oxidation sites excluding steroid dienone is 1. The van der Waals surface area contributed by atoms with E-state index in [9.17, 15) is 4.79 Å². The fourth-order valence-corrected chi connectivity index (χ4v) is 1.82. The number of ether oxygens (including phenoxy) is 1. The maximum atomic E-state index is 11.1. The number of hydrogen-bond donors (Lipinski definition) is 0. The molecule has 1 atom stereocenters. The Morgan fingerprint density at radius 1 is 1.57 bits per heavy atom. The van der Waals surface area contributed by atoms with E-state index in [1.807, 2.05) is 26.0 Å². The Balaban J connectivity index is 2.78. The quantitative estimate of drug-likeness (QED) is 0.509. The van der Waals surface area contributed by atoms with Crippen molar-refractivity contribution in [2.24, 2.45) is 0 Å². The molecule has 14 heavy (non-hydrogen) atoms. The molecule has 0 N–H and O–H groups in total. The minimum absolute atomic E-state index is 0.211. The van der Waals surface area contributed by atoms with Gasteiger partial charge in [-0.05, 0) is 19.4 Å². The van der Waals surface area contributed by atoms with Gasteiger partial charge in [0.05, 0.1) is 0 Å². The predicted molar refractivity (Wildman–Crippen MR) is 55.8 cm³/mol. The monoisotopic (exact) mass is 197 g/mol. The van der Waals surface area contributed by atoms with E-state index in [0.717, 1.165) is 19.5 Å². The number of carbonyl (C=O) groups is 1. The minimum atomic E-state index is -0.487. The second-order valence-corrected chi connectivity index (χ2v) is 3.63. The summed E-state index contributed by atoms with van der Waals surface area (Å²) in [5, 5.41) is 0. The standard InChI is InChI=1S/C11H19NO2/c1-4-7-11(5-2,14-10(3)13)12-8-6-9-12/h4,7H,5-6,8-9H2,1-3H3/b7-4-. The predicted octanol–water partition coefficient (Wildman–Crippen LogP) is 1.94. The summed E-state index contributed by atoms with van der Waals surface area (Å²) in [5.74, 6) is -0.211. The average Bonchev–Trinajstić information content (AvgIpc) is 2.00. The Morgan fingerprint density at radius 3 is 2.50 bits per heavy atom. The van der Waals surface area contributed by atoms with Gasteiger partial charge in [0.25, 0.3) is 0 Å². The van der Waals surface area contributed by atoms with Gasteiger partial charge in [-0.1, -0.05) is 13.0 Å². The molecule has 3 heteroatoms. The number of nitrogens with zero attached hydrogens (tertiary/aromatic N) is 1. The van der Waals surface area contributed by atoms with Crippen LogP contribution in [0.3, 0.4) is 0 Å². The van der Waals surface area contributed by atoms with Crippen LogP contribution in [-0.2, 0) is 9.53 Å². The molecule has 1 aliphatic heterocycles. The van der Waals surface area contributed by atoms with Crippen molar-refractivity contribution in [3.63, 3.8) is 0 Å². The maximum absolute atomic E-state index is 11.1. The lowest BCUT2D eigenvalue weighted by atomic mass is 10.0. The molecule has 0 aromatic rings. The summed E-state index contributed by atoms with van der Waals surface area (Å²) >= 11 is 0. The number of esters is 1. The highest BCUT2D eigenvalue weighted by molar-refractivity contribution is 5.66. The van der Waals surface area contributed by atoms with Crippen molar-refractivity contribution in [1.29, 1.82) is 0 Å². The molecule has 1 unspecified atom stereocenters. The third-order valence-electron chi connectivity index (χ3n) is 2.65. The van der Waals surface area contributed by atoms with Crippen molar-refractivity contribution in [2.75, 3.05) is 13.1 Å². The molecular weight excluding hydrogens is 178 g/mol. The van der Waals surface area contributed by atoms with Crippen molar-refractivity contribution in [1.82, 2.24) is 4.90 Å². The second kappa shape index (κ2) is 4.60. The fourth-order valence-electron chi connectivity index (χ4n) is 1.82. The zero-order chi connectivity index (χ0) is 10.6. The molecule has 1 saturated heterocycles. The van der Waals surface area contributed by atoms with E-state index in [0.29, 0.717) is 0 Å². The van der Waals surface area contributed by atoms with Crippen molar-refractivity contribution in [3.8, 4) is 0 Å². The molecule has 1 rings (SSSR count). The first-order valence-electron chi connectivity index (χ1n) is 5.23. The van der Waals surface area contributed by atoms with Gasteiger partial charge in [-0.2, -0.15) is 0 Å². The summed E-state index contributed by atoms with van der Waals surface area (Å²) in [4.78, 5) is 13.3. The first-order chi connectivity index (χ1) is 6.64. The highest BCUT2D eigenvalue weighted by Crippen LogP contribution is 2.28. The van der Waals surface area contributed by atoms with Crippen LogP contribution in [0.5, 0.6) is 0 Å². The van der Waals surface area contributed by atoms with Crippen LogP contribution in [0.2, 0.25) is 0 Å². The molecule has 0 aliphatic carbocycles. The Morgan fingerprint density at radius 2 is 2.21 bits per heavy atom. The lowest BCUT2D eigenvalue weighted by Gasteiger charge is -2.45. The zero-order valence-electron chi connectivity index (χ0n) is 9.25. The van der Waals surface area contributed by atoms with E-state index >= 15 is 0 Å². The van der Waals surface area contributed by atoms with Crippen molar-refractivity contribution >= 4 is 5.97 Å². The third-order valence-corrected chi connectivity index (χ3v) is 2.65. The van der Waals surface area contributed by atoms with Crippen LogP contribution >= 0.6 is 0 Å². The van der Waals surface area contributed by atoms with Crippen LogP contribution in [0.15, 0.2) is 12.2 Å². The zero-order valence-corrected chi connectivity index (χ0v) is 9.25. The molecule has 0 saturated carbocycles. The Labute approximate surface area is 85.7 Å². The first kappa shape index (κ1) is 11.2. The van der Waals surface area contributed by atoms with Gasteiger partial charge < -0.3 is 4.74 Å². The number of hydrogen-bond acceptors (Lipinski definition) is 3. The van der Waals surface area contributed by atoms with Crippen LogP contribution in [-0.4, -0.2) is 29.7 Å². The summed E-state index contributed by atoms with van der Waals surface area (Å²) in [7, 11) is 0. The molecule has 0 bridgehead atoms. The highest BCUT2D eigenvalue weighted by Gasteiger charge is 2.38. The first-order valence-corrected chi connectivity index (χ1v) is 5.23. The van der Waals surface area contributed by atoms with E-state index in [2.05, 4.69) is 4.90 Å². The summed E-state index contributed by atoms with van der Waals surface area (Å²) in [5.41, 5.74) is -0.487. The van der Waals surface area contributed by atoms with Gasteiger partial charge in [0.15, 0.2) is 5.72 Å². The molecule has 0 amide bonds. The SMILES string of the molecule is C/C=C\C(CC)(OC(C)=O)N1CCC1. The summed E-state index contributed by atoms with van der Waals surface area (Å²) in [6.45, 7) is 7.50. The van der Waals surface area contributed by atoms with E-state index in [4.69, 9.17) is 4.74 Å². The van der Waals surface area contributed by atoms with Crippen LogP contribution in [0.4, 0.5) is 0 Å². The van der Waals surface area contributed by atoms with E-state index in [1.165, 1.54) is 13.3 Å². The van der Waals surface area contributed by atoms with Gasteiger partial charge in [0, 0.05) is 26.4 Å². The van der Waals surface area contributed by atoms with E-state index < -0.39 is 5.72 Å².